The van der Waals surface area contributed by atoms with E-state index in [4.69, 9.17) is 25.2 Å². The molecular weight excluding hydrogens is 779 g/mol. The van der Waals surface area contributed by atoms with Crippen LogP contribution < -0.4 is 15.4 Å². The van der Waals surface area contributed by atoms with Gasteiger partial charge in [0.25, 0.3) is 0 Å². The molecule has 7 rings (SSSR count). The van der Waals surface area contributed by atoms with Gasteiger partial charge >= 0.3 is 6.18 Å². The Morgan fingerprint density at radius 1 is 0.931 bits per heavy atom. The number of furan rings is 2. The number of amides is 2. The fourth-order valence-corrected chi connectivity index (χ4v) is 7.52. The Hall–Kier alpha value is -5.19. The summed E-state index contributed by atoms with van der Waals surface area (Å²) in [7, 11) is 0. The van der Waals surface area contributed by atoms with Crippen molar-refractivity contribution in [2.24, 2.45) is 5.92 Å². The van der Waals surface area contributed by atoms with Crippen molar-refractivity contribution >= 4 is 23.4 Å². The molecule has 0 spiro atoms. The van der Waals surface area contributed by atoms with E-state index in [0.29, 0.717) is 52.5 Å². The van der Waals surface area contributed by atoms with E-state index in [-0.39, 0.29) is 39.1 Å². The summed E-state index contributed by atoms with van der Waals surface area (Å²) in [6, 6.07) is 23.1. The SMILES string of the molecule is O=C(NC1c2ccccc2OC[C@H]1O)[C@H](Cc1ccc(-c2cccnc2)o1)CC(O)CN1CCN(Cc2ccc(-c3ccc(Cl)cc3)o2)C[C@H]1C(=O)NCC(F)(F)F. The van der Waals surface area contributed by atoms with Crippen molar-refractivity contribution in [2.75, 3.05) is 39.3 Å². The summed E-state index contributed by atoms with van der Waals surface area (Å²) in [5.74, 6) is 0.582. The highest BCUT2D eigenvalue weighted by molar-refractivity contribution is 6.30. The van der Waals surface area contributed by atoms with E-state index >= 15 is 0 Å². The minimum Gasteiger partial charge on any atom is -0.490 e. The van der Waals surface area contributed by atoms with Gasteiger partial charge in [-0.2, -0.15) is 13.2 Å². The lowest BCUT2D eigenvalue weighted by Crippen LogP contribution is -2.60. The van der Waals surface area contributed by atoms with Gasteiger partial charge in [-0.05, 0) is 73.2 Å². The number of pyridine rings is 1. The van der Waals surface area contributed by atoms with Crippen LogP contribution in [0.3, 0.4) is 0 Å². The van der Waals surface area contributed by atoms with E-state index in [1.807, 2.05) is 34.5 Å². The van der Waals surface area contributed by atoms with Gasteiger partial charge in [0.1, 0.15) is 54.1 Å². The third kappa shape index (κ3) is 10.5. The number of aromatic nitrogens is 1. The van der Waals surface area contributed by atoms with E-state index in [0.717, 1.165) is 11.1 Å². The van der Waals surface area contributed by atoms with Gasteiger partial charge in [0.05, 0.1) is 18.7 Å². The second-order valence-electron chi connectivity index (χ2n) is 14.6. The first-order valence-corrected chi connectivity index (χ1v) is 19.3. The zero-order valence-corrected chi connectivity index (χ0v) is 32.0. The normalized spacial score (nSPS) is 19.8. The summed E-state index contributed by atoms with van der Waals surface area (Å²) in [6.45, 7) is -0.640. The van der Waals surface area contributed by atoms with Crippen LogP contribution in [0.25, 0.3) is 22.6 Å². The van der Waals surface area contributed by atoms with Crippen LogP contribution in [0.15, 0.2) is 106 Å². The van der Waals surface area contributed by atoms with Crippen molar-refractivity contribution in [3.8, 4) is 28.4 Å². The average molecular weight is 822 g/mol. The van der Waals surface area contributed by atoms with Crippen molar-refractivity contribution < 1.29 is 46.5 Å². The Balaban J connectivity index is 1.06. The number of β-amino-alcohol motifs (C(OH)–C–C–N with tert-alkyl or cyclic N) is 1. The quantitative estimate of drug-likeness (QED) is 0.111. The summed E-state index contributed by atoms with van der Waals surface area (Å²) in [4.78, 5) is 35.2. The summed E-state index contributed by atoms with van der Waals surface area (Å²) in [6.07, 6.45) is -3.58. The first kappa shape index (κ1) is 41.0. The van der Waals surface area contributed by atoms with Crippen molar-refractivity contribution in [3.05, 3.63) is 119 Å². The van der Waals surface area contributed by atoms with Crippen LogP contribution in [0.4, 0.5) is 13.2 Å². The molecule has 2 aromatic carbocycles. The molecule has 0 aliphatic carbocycles. The molecule has 0 saturated carbocycles. The lowest BCUT2D eigenvalue weighted by molar-refractivity contribution is -0.143. The zero-order chi connectivity index (χ0) is 40.8. The van der Waals surface area contributed by atoms with Crippen LogP contribution in [0.5, 0.6) is 5.75 Å². The number of fused-ring (bicyclic) bond motifs is 1. The van der Waals surface area contributed by atoms with E-state index < -0.39 is 54.7 Å². The highest BCUT2D eigenvalue weighted by atomic mass is 35.5. The van der Waals surface area contributed by atoms with Gasteiger partial charge in [-0.1, -0.05) is 29.8 Å². The first-order chi connectivity index (χ1) is 27.9. The summed E-state index contributed by atoms with van der Waals surface area (Å²) >= 11 is 6.02. The molecule has 5 atom stereocenters. The molecule has 12 nitrogen and oxygen atoms in total. The number of alkyl halides is 3. The number of nitrogens with one attached hydrogen (secondary N) is 2. The van der Waals surface area contributed by atoms with Crippen molar-refractivity contribution in [1.29, 1.82) is 0 Å². The van der Waals surface area contributed by atoms with E-state index in [1.165, 1.54) is 0 Å². The molecule has 5 heterocycles. The number of aliphatic hydroxyl groups is 2. The molecule has 2 unspecified atom stereocenters. The standard InChI is InChI=1S/C42H43ClF3N5O7/c43-29-9-7-26(8-10-29)36-14-12-32(58-36)22-50-16-17-51(34(23-50)41(55)48-25-42(44,45)46)21-30(52)18-28(19-31-11-13-37(57-31)27-4-3-15-47-20-27)40(54)49-39-33-5-1-2-6-38(33)56-24-35(39)53/h1-15,20,28,30,34-35,39,52-53H,16-19,21-25H2,(H,48,55)(H,49,54)/t28-,30?,34-,35+,39?/m0/s1. The van der Waals surface area contributed by atoms with Gasteiger partial charge in [-0.25, -0.2) is 0 Å². The second kappa shape index (κ2) is 18.2. The van der Waals surface area contributed by atoms with Gasteiger partial charge in [0, 0.05) is 72.6 Å². The maximum absolute atomic E-state index is 14.1. The van der Waals surface area contributed by atoms with E-state index in [2.05, 4.69) is 10.3 Å². The van der Waals surface area contributed by atoms with Crippen LogP contribution in [0.1, 0.15) is 29.5 Å². The number of rotatable bonds is 14. The Kier molecular flexibility index (Phi) is 12.8. The topological polar surface area (TPSA) is 154 Å². The number of ether oxygens (including phenoxy) is 1. The van der Waals surface area contributed by atoms with Crippen molar-refractivity contribution in [3.63, 3.8) is 0 Å². The number of piperazine rings is 1. The summed E-state index contributed by atoms with van der Waals surface area (Å²) in [5.41, 5.74) is 2.16. The summed E-state index contributed by atoms with van der Waals surface area (Å²) in [5, 5.41) is 28.0. The number of hydrogen-bond donors (Lipinski definition) is 4. The van der Waals surface area contributed by atoms with Crippen LogP contribution in [-0.2, 0) is 22.6 Å². The fraction of sp³-hybridized carbons (Fsp3) is 0.357. The molecule has 1 fully saturated rings. The van der Waals surface area contributed by atoms with Crippen LogP contribution in [-0.4, -0.2) is 101 Å². The molecule has 0 radical (unpaired) electrons. The fourth-order valence-electron chi connectivity index (χ4n) is 7.39. The number of para-hydroxylation sites is 1. The molecule has 5 aromatic rings. The third-order valence-corrected chi connectivity index (χ3v) is 10.5. The number of carbonyl (C=O) groups is 2. The largest absolute Gasteiger partial charge is 0.490 e. The number of benzene rings is 2. The van der Waals surface area contributed by atoms with Crippen molar-refractivity contribution in [1.82, 2.24) is 25.4 Å². The van der Waals surface area contributed by atoms with Crippen LogP contribution in [0, 0.1) is 5.92 Å². The molecule has 2 amide bonds. The number of aliphatic hydroxyl groups excluding tert-OH is 2. The minimum atomic E-state index is -4.62. The molecule has 58 heavy (non-hydrogen) atoms. The molecule has 16 heteroatoms. The predicted molar refractivity (Wildman–Crippen MR) is 207 cm³/mol. The minimum absolute atomic E-state index is 0.0326. The lowest BCUT2D eigenvalue weighted by atomic mass is 9.92. The molecule has 4 N–H and O–H groups in total. The van der Waals surface area contributed by atoms with Gasteiger partial charge in [-0.15, -0.1) is 0 Å². The predicted octanol–water partition coefficient (Wildman–Crippen LogP) is 5.64. The highest BCUT2D eigenvalue weighted by Crippen LogP contribution is 2.33. The first-order valence-electron chi connectivity index (χ1n) is 18.9. The van der Waals surface area contributed by atoms with Crippen LogP contribution >= 0.6 is 11.6 Å². The van der Waals surface area contributed by atoms with Gasteiger partial charge in [0.2, 0.25) is 11.8 Å². The lowest BCUT2D eigenvalue weighted by Gasteiger charge is -2.41. The molecular formula is C42H43ClF3N5O7. The number of nitrogens with zero attached hydrogens (tertiary/aromatic N) is 3. The maximum Gasteiger partial charge on any atom is 0.405 e. The Morgan fingerprint density at radius 3 is 2.43 bits per heavy atom. The average Bonchev–Trinajstić information content (AvgIpc) is 3.89. The van der Waals surface area contributed by atoms with Gasteiger partial charge < -0.3 is 34.4 Å². The molecule has 3 aromatic heterocycles. The van der Waals surface area contributed by atoms with E-state index in [1.54, 1.807) is 78.0 Å². The Bertz CT molecular complexity index is 2150. The molecule has 0 bridgehead atoms. The van der Waals surface area contributed by atoms with Gasteiger partial charge in [-0.3, -0.25) is 24.4 Å². The second-order valence-corrected chi connectivity index (χ2v) is 15.0. The molecule has 306 valence electrons. The zero-order valence-electron chi connectivity index (χ0n) is 31.3. The third-order valence-electron chi connectivity index (χ3n) is 10.3. The maximum atomic E-state index is 14.1. The number of hydrogen-bond acceptors (Lipinski definition) is 10. The number of carbonyl (C=O) groups excluding carboxylic acids is 2. The highest BCUT2D eigenvalue weighted by Gasteiger charge is 2.38. The van der Waals surface area contributed by atoms with Gasteiger partial charge in [0.15, 0.2) is 0 Å². The molecule has 2 aliphatic heterocycles. The molecule has 1 saturated heterocycles. The smallest absolute Gasteiger partial charge is 0.405 e. The monoisotopic (exact) mass is 821 g/mol. The summed E-state index contributed by atoms with van der Waals surface area (Å²) < 4.78 is 57.5. The van der Waals surface area contributed by atoms with E-state index in [9.17, 15) is 33.0 Å². The number of halogens is 4. The van der Waals surface area contributed by atoms with Crippen LogP contribution in [0.2, 0.25) is 5.02 Å². The molecule has 2 aliphatic rings. The Labute approximate surface area is 337 Å². The van der Waals surface area contributed by atoms with Crippen molar-refractivity contribution in [2.45, 2.75) is 49.9 Å². The Morgan fingerprint density at radius 2 is 1.67 bits per heavy atom.